The van der Waals surface area contributed by atoms with Crippen molar-refractivity contribution >= 4 is 29.0 Å². The monoisotopic (exact) mass is 413 g/mol. The molecule has 0 saturated heterocycles. The molecule has 0 heterocycles. The summed E-state index contributed by atoms with van der Waals surface area (Å²) in [4.78, 5) is 14.7. The van der Waals surface area contributed by atoms with Gasteiger partial charge in [-0.1, -0.05) is 74.1 Å². The first-order valence-electron chi connectivity index (χ1n) is 9.67. The summed E-state index contributed by atoms with van der Waals surface area (Å²) in [6.07, 6.45) is 1.46. The molecule has 1 amide bonds. The third-order valence-corrected chi connectivity index (χ3v) is 5.51. The fourth-order valence-electron chi connectivity index (χ4n) is 2.89. The molecule has 0 radical (unpaired) electrons. The quantitative estimate of drug-likeness (QED) is 0.346. The Morgan fingerprint density at radius 1 is 0.933 bits per heavy atom. The van der Waals surface area contributed by atoms with Crippen molar-refractivity contribution < 1.29 is 4.79 Å². The fourth-order valence-corrected chi connectivity index (χ4v) is 3.82. The summed E-state index contributed by atoms with van der Waals surface area (Å²) in [5, 5.41) is 15.5. The van der Waals surface area contributed by atoms with E-state index in [1.807, 2.05) is 84.9 Å². The Kier molecular flexibility index (Phi) is 7.31. The Balaban J connectivity index is 1.77. The Hall–Kier alpha value is -3.49. The van der Waals surface area contributed by atoms with E-state index >= 15 is 0 Å². The van der Waals surface area contributed by atoms with Crippen LogP contribution < -0.4 is 10.6 Å². The van der Waals surface area contributed by atoms with E-state index in [2.05, 4.69) is 24.5 Å². The highest BCUT2D eigenvalue weighted by atomic mass is 32.2. The van der Waals surface area contributed by atoms with Gasteiger partial charge in [0.25, 0.3) is 5.91 Å². The highest BCUT2D eigenvalue weighted by Gasteiger charge is 2.13. The molecular weight excluding hydrogens is 390 g/mol. The van der Waals surface area contributed by atoms with Crippen LogP contribution in [-0.2, 0) is 4.79 Å². The second-order valence-electron chi connectivity index (χ2n) is 6.92. The van der Waals surface area contributed by atoms with Crippen molar-refractivity contribution in [2.45, 2.75) is 29.6 Å². The number of rotatable bonds is 7. The van der Waals surface area contributed by atoms with Crippen LogP contribution in [-0.4, -0.2) is 5.91 Å². The van der Waals surface area contributed by atoms with E-state index in [9.17, 15) is 10.1 Å². The minimum Gasteiger partial charge on any atom is -0.360 e. The number of carbonyl (C=O) groups is 1. The molecule has 3 rings (SSSR count). The first-order chi connectivity index (χ1) is 14.6. The zero-order chi connectivity index (χ0) is 21.3. The largest absolute Gasteiger partial charge is 0.360 e. The Bertz CT molecular complexity index is 1080. The molecule has 30 heavy (non-hydrogen) atoms. The number of nitriles is 1. The minimum absolute atomic E-state index is 0.00748. The van der Waals surface area contributed by atoms with Gasteiger partial charge in [0.05, 0.1) is 5.69 Å². The molecule has 0 aliphatic rings. The van der Waals surface area contributed by atoms with Gasteiger partial charge < -0.3 is 10.6 Å². The molecule has 2 N–H and O–H groups in total. The van der Waals surface area contributed by atoms with Crippen LogP contribution in [0.5, 0.6) is 0 Å². The van der Waals surface area contributed by atoms with Crippen molar-refractivity contribution in [2.24, 2.45) is 0 Å². The maximum atomic E-state index is 12.7. The lowest BCUT2D eigenvalue weighted by atomic mass is 10.0. The summed E-state index contributed by atoms with van der Waals surface area (Å²) >= 11 is 1.56. The molecule has 0 saturated carbocycles. The van der Waals surface area contributed by atoms with Gasteiger partial charge in [-0.15, -0.1) is 0 Å². The van der Waals surface area contributed by atoms with Gasteiger partial charge in [0.2, 0.25) is 0 Å². The van der Waals surface area contributed by atoms with Crippen LogP contribution in [0.2, 0.25) is 0 Å². The van der Waals surface area contributed by atoms with Gasteiger partial charge in [0.15, 0.2) is 0 Å². The van der Waals surface area contributed by atoms with Crippen molar-refractivity contribution in [1.29, 1.82) is 5.26 Å². The molecule has 0 atom stereocenters. The third kappa shape index (κ3) is 5.53. The summed E-state index contributed by atoms with van der Waals surface area (Å²) in [5.74, 6) is -0.128. The number of para-hydroxylation sites is 2. The van der Waals surface area contributed by atoms with Crippen LogP contribution in [0.15, 0.2) is 100 Å². The topological polar surface area (TPSA) is 64.9 Å². The fraction of sp³-hybridized carbons (Fsp3) is 0.120. The number of amides is 1. The molecule has 4 nitrogen and oxygen atoms in total. The Morgan fingerprint density at radius 3 is 2.27 bits per heavy atom. The molecule has 0 fully saturated rings. The van der Waals surface area contributed by atoms with Gasteiger partial charge >= 0.3 is 0 Å². The van der Waals surface area contributed by atoms with Crippen molar-refractivity contribution in [3.8, 4) is 6.07 Å². The number of anilines is 2. The number of carbonyl (C=O) groups excluding carboxylic acids is 1. The number of hydrogen-bond donors (Lipinski definition) is 2. The van der Waals surface area contributed by atoms with Crippen LogP contribution in [0.4, 0.5) is 11.4 Å². The lowest BCUT2D eigenvalue weighted by Crippen LogP contribution is -2.15. The maximum Gasteiger partial charge on any atom is 0.267 e. The average Bonchev–Trinajstić information content (AvgIpc) is 2.76. The molecule has 3 aromatic rings. The summed E-state index contributed by atoms with van der Waals surface area (Å²) in [5.41, 5.74) is 2.68. The van der Waals surface area contributed by atoms with Gasteiger partial charge in [-0.25, -0.2) is 0 Å². The first kappa shape index (κ1) is 21.2. The molecule has 0 aliphatic heterocycles. The molecule has 0 aromatic heterocycles. The van der Waals surface area contributed by atoms with Gasteiger partial charge in [-0.05, 0) is 41.8 Å². The molecule has 0 unspecified atom stereocenters. The normalized spacial score (nSPS) is 11.1. The van der Waals surface area contributed by atoms with E-state index in [-0.39, 0.29) is 5.57 Å². The lowest BCUT2D eigenvalue weighted by Gasteiger charge is -2.13. The van der Waals surface area contributed by atoms with Crippen molar-refractivity contribution in [2.75, 3.05) is 10.6 Å². The van der Waals surface area contributed by atoms with Crippen LogP contribution in [0.1, 0.15) is 25.3 Å². The van der Waals surface area contributed by atoms with Crippen molar-refractivity contribution in [1.82, 2.24) is 0 Å². The molecule has 150 valence electrons. The number of benzene rings is 3. The molecule has 5 heteroatoms. The highest BCUT2D eigenvalue weighted by molar-refractivity contribution is 7.99. The molecule has 3 aromatic carbocycles. The number of hydrogen-bond acceptors (Lipinski definition) is 4. The van der Waals surface area contributed by atoms with E-state index in [1.165, 1.54) is 6.20 Å². The number of nitrogens with one attached hydrogen (secondary N) is 2. The van der Waals surface area contributed by atoms with E-state index in [1.54, 1.807) is 11.8 Å². The predicted molar refractivity (Wildman–Crippen MR) is 123 cm³/mol. The van der Waals surface area contributed by atoms with E-state index < -0.39 is 5.91 Å². The SMILES string of the molecule is CC(C)c1ccccc1N/C=C(/C#N)C(=O)Nc1ccccc1Sc1ccccc1. The molecule has 0 bridgehead atoms. The van der Waals surface area contributed by atoms with Crippen molar-refractivity contribution in [3.05, 3.63) is 96.2 Å². The summed E-state index contributed by atoms with van der Waals surface area (Å²) in [6, 6.07) is 27.4. The average molecular weight is 414 g/mol. The zero-order valence-corrected chi connectivity index (χ0v) is 17.7. The Labute approximate surface area is 181 Å². The van der Waals surface area contributed by atoms with Crippen LogP contribution >= 0.6 is 11.8 Å². The van der Waals surface area contributed by atoms with Crippen LogP contribution in [0, 0.1) is 11.3 Å². The summed E-state index contributed by atoms with van der Waals surface area (Å²) in [6.45, 7) is 4.20. The Morgan fingerprint density at radius 2 is 1.57 bits per heavy atom. The van der Waals surface area contributed by atoms with Crippen LogP contribution in [0.3, 0.4) is 0 Å². The highest BCUT2D eigenvalue weighted by Crippen LogP contribution is 2.33. The lowest BCUT2D eigenvalue weighted by molar-refractivity contribution is -0.112. The second kappa shape index (κ2) is 10.3. The molecule has 0 aliphatic carbocycles. The standard InChI is InChI=1S/C25H23N3OS/c1-18(2)21-12-6-7-13-22(21)27-17-19(16-26)25(29)28-23-14-8-9-15-24(23)30-20-10-4-3-5-11-20/h3-15,17-18,27H,1-2H3,(H,28,29)/b19-17-. The first-order valence-corrected chi connectivity index (χ1v) is 10.5. The van der Waals surface area contributed by atoms with Gasteiger partial charge in [0, 0.05) is 21.7 Å². The minimum atomic E-state index is -0.451. The van der Waals surface area contributed by atoms with Gasteiger partial charge in [-0.2, -0.15) is 5.26 Å². The zero-order valence-electron chi connectivity index (χ0n) is 16.9. The van der Waals surface area contributed by atoms with E-state index in [0.717, 1.165) is 21.0 Å². The summed E-state index contributed by atoms with van der Waals surface area (Å²) in [7, 11) is 0. The third-order valence-electron chi connectivity index (χ3n) is 4.43. The smallest absolute Gasteiger partial charge is 0.267 e. The predicted octanol–water partition coefficient (Wildman–Crippen LogP) is 6.42. The summed E-state index contributed by atoms with van der Waals surface area (Å²) < 4.78 is 0. The molecule has 0 spiro atoms. The van der Waals surface area contributed by atoms with E-state index in [4.69, 9.17) is 0 Å². The molecular formula is C25H23N3OS. The maximum absolute atomic E-state index is 12.7. The van der Waals surface area contributed by atoms with Gasteiger partial charge in [0.1, 0.15) is 11.6 Å². The van der Waals surface area contributed by atoms with Gasteiger partial charge in [-0.3, -0.25) is 4.79 Å². The second-order valence-corrected chi connectivity index (χ2v) is 8.04. The van der Waals surface area contributed by atoms with E-state index in [0.29, 0.717) is 11.6 Å². The van der Waals surface area contributed by atoms with Crippen LogP contribution in [0.25, 0.3) is 0 Å². The number of nitrogens with zero attached hydrogens (tertiary/aromatic N) is 1. The van der Waals surface area contributed by atoms with Crippen molar-refractivity contribution in [3.63, 3.8) is 0 Å².